The molecule has 0 aliphatic heterocycles. The Morgan fingerprint density at radius 1 is 1.52 bits per heavy atom. The molecule has 9 heteroatoms. The molecule has 3 N–H and O–H groups in total. The Labute approximate surface area is 139 Å². The number of aliphatic imine (C=N–C) groups is 1. The third kappa shape index (κ3) is 9.34. The molecule has 0 spiro atoms. The molecule has 21 heavy (non-hydrogen) atoms. The maximum Gasteiger partial charge on any atom is 0.272 e. The zero-order valence-corrected chi connectivity index (χ0v) is 13.9. The van der Waals surface area contributed by atoms with Crippen molar-refractivity contribution in [3.63, 3.8) is 0 Å². The van der Waals surface area contributed by atoms with Gasteiger partial charge in [0.15, 0.2) is 12.6 Å². The number of aromatic nitrogens is 1. The molecule has 0 radical (unpaired) electrons. The van der Waals surface area contributed by atoms with Crippen LogP contribution in [0.3, 0.4) is 0 Å². The molecule has 1 aromatic heterocycles. The normalized spacial score (nSPS) is 11.1. The highest BCUT2D eigenvalue weighted by atomic mass is 127. The highest BCUT2D eigenvalue weighted by molar-refractivity contribution is 14.0. The second-order valence-electron chi connectivity index (χ2n) is 3.83. The third-order valence-corrected chi connectivity index (χ3v) is 2.20. The second-order valence-corrected chi connectivity index (χ2v) is 3.83. The van der Waals surface area contributed by atoms with E-state index in [1.54, 1.807) is 19.2 Å². The zero-order chi connectivity index (χ0) is 14.8. The lowest BCUT2D eigenvalue weighted by atomic mass is 10.3. The highest BCUT2D eigenvalue weighted by Crippen LogP contribution is 2.11. The van der Waals surface area contributed by atoms with Crippen LogP contribution in [0.5, 0.6) is 5.88 Å². The fourth-order valence-corrected chi connectivity index (χ4v) is 1.29. The lowest BCUT2D eigenvalue weighted by molar-refractivity contribution is 0.0795. The minimum absolute atomic E-state index is 0. The summed E-state index contributed by atoms with van der Waals surface area (Å²) >= 11 is 0. The molecule has 0 atom stereocenters. The van der Waals surface area contributed by atoms with Crippen molar-refractivity contribution in [2.24, 2.45) is 10.7 Å². The number of pyridine rings is 1. The average molecular weight is 416 g/mol. The van der Waals surface area contributed by atoms with Gasteiger partial charge in [-0.3, -0.25) is 0 Å². The van der Waals surface area contributed by atoms with Gasteiger partial charge in [-0.1, -0.05) is 0 Å². The van der Waals surface area contributed by atoms with Gasteiger partial charge >= 0.3 is 0 Å². The Hall–Kier alpha value is -1.23. The van der Waals surface area contributed by atoms with Crippen molar-refractivity contribution in [1.29, 1.82) is 0 Å². The van der Waals surface area contributed by atoms with Gasteiger partial charge in [0.25, 0.3) is 6.43 Å². The van der Waals surface area contributed by atoms with Gasteiger partial charge in [0.2, 0.25) is 5.88 Å². The van der Waals surface area contributed by atoms with Crippen LogP contribution >= 0.6 is 24.0 Å². The molecule has 0 aliphatic carbocycles. The van der Waals surface area contributed by atoms with Crippen LogP contribution in [0, 0.1) is 0 Å². The summed E-state index contributed by atoms with van der Waals surface area (Å²) in [5.74, 6) is 0.429. The summed E-state index contributed by atoms with van der Waals surface area (Å²) in [5, 5.41) is 2.87. The molecular formula is C12H19F2IN4O2. The number of ether oxygens (including phenoxy) is 2. The van der Waals surface area contributed by atoms with Crippen LogP contribution in [0.25, 0.3) is 0 Å². The maximum absolute atomic E-state index is 12.0. The molecule has 1 aromatic rings. The Morgan fingerprint density at radius 3 is 2.95 bits per heavy atom. The van der Waals surface area contributed by atoms with E-state index in [0.29, 0.717) is 19.7 Å². The first-order valence-corrected chi connectivity index (χ1v) is 6.00. The van der Waals surface area contributed by atoms with Gasteiger partial charge in [-0.25, -0.2) is 18.8 Å². The number of nitrogens with one attached hydrogen (secondary N) is 1. The van der Waals surface area contributed by atoms with E-state index >= 15 is 0 Å². The van der Waals surface area contributed by atoms with Crippen molar-refractivity contribution < 1.29 is 18.3 Å². The number of alkyl halides is 2. The largest absolute Gasteiger partial charge is 0.472 e. The Kier molecular flexibility index (Phi) is 10.8. The van der Waals surface area contributed by atoms with Crippen LogP contribution < -0.4 is 15.8 Å². The molecule has 0 fully saturated rings. The average Bonchev–Trinajstić information content (AvgIpc) is 2.44. The first-order chi connectivity index (χ1) is 9.61. The number of nitrogens with two attached hydrogens (primary N) is 1. The summed E-state index contributed by atoms with van der Waals surface area (Å²) in [4.78, 5) is 7.93. The summed E-state index contributed by atoms with van der Waals surface area (Å²) in [5.41, 5.74) is 6.40. The Morgan fingerprint density at radius 2 is 2.29 bits per heavy atom. The number of rotatable bonds is 8. The number of methoxy groups -OCH3 is 1. The van der Waals surface area contributed by atoms with Crippen molar-refractivity contribution >= 4 is 29.9 Å². The van der Waals surface area contributed by atoms with Gasteiger partial charge in [0, 0.05) is 25.9 Å². The van der Waals surface area contributed by atoms with E-state index in [-0.39, 0.29) is 35.8 Å². The van der Waals surface area contributed by atoms with Crippen molar-refractivity contribution in [2.75, 3.05) is 26.9 Å². The predicted octanol–water partition coefficient (Wildman–Crippen LogP) is 1.39. The van der Waals surface area contributed by atoms with Crippen molar-refractivity contribution in [3.05, 3.63) is 23.9 Å². The first-order valence-electron chi connectivity index (χ1n) is 6.00. The predicted molar refractivity (Wildman–Crippen MR) is 86.4 cm³/mol. The number of guanidine groups is 1. The van der Waals surface area contributed by atoms with Gasteiger partial charge in [-0.15, -0.1) is 24.0 Å². The van der Waals surface area contributed by atoms with E-state index in [9.17, 15) is 8.78 Å². The SMILES string of the molecule is COCCNC(N)=NCc1ccnc(OCC(F)F)c1.I. The van der Waals surface area contributed by atoms with Gasteiger partial charge < -0.3 is 20.5 Å². The standard InChI is InChI=1S/C12H18F2N4O2.HI/c1-19-5-4-17-12(15)18-7-9-2-3-16-11(6-9)20-8-10(13)14;/h2-3,6,10H,4-5,7-8H2,1H3,(H3,15,17,18);1H. The van der Waals surface area contributed by atoms with E-state index in [1.807, 2.05) is 0 Å². The summed E-state index contributed by atoms with van der Waals surface area (Å²) in [6, 6.07) is 3.26. The lowest BCUT2D eigenvalue weighted by Crippen LogP contribution is -2.34. The molecule has 0 aliphatic rings. The third-order valence-electron chi connectivity index (χ3n) is 2.20. The molecule has 0 saturated heterocycles. The zero-order valence-electron chi connectivity index (χ0n) is 11.6. The highest BCUT2D eigenvalue weighted by Gasteiger charge is 2.04. The fourth-order valence-electron chi connectivity index (χ4n) is 1.29. The lowest BCUT2D eigenvalue weighted by Gasteiger charge is -2.06. The number of halogens is 3. The molecule has 1 rings (SSSR count). The van der Waals surface area contributed by atoms with E-state index in [4.69, 9.17) is 15.2 Å². The van der Waals surface area contributed by atoms with Gasteiger partial charge in [-0.05, 0) is 11.6 Å². The molecule has 0 unspecified atom stereocenters. The van der Waals surface area contributed by atoms with Crippen LogP contribution in [0.1, 0.15) is 5.56 Å². The summed E-state index contributed by atoms with van der Waals surface area (Å²) in [7, 11) is 1.59. The van der Waals surface area contributed by atoms with Crippen LogP contribution in [0.4, 0.5) is 8.78 Å². The quantitative estimate of drug-likeness (QED) is 0.290. The van der Waals surface area contributed by atoms with Crippen molar-refractivity contribution in [1.82, 2.24) is 10.3 Å². The summed E-state index contributed by atoms with van der Waals surface area (Å²) in [6.45, 7) is 0.710. The molecule has 0 saturated carbocycles. The number of nitrogens with zero attached hydrogens (tertiary/aromatic N) is 2. The van der Waals surface area contributed by atoms with Gasteiger partial charge in [0.05, 0.1) is 13.2 Å². The fraction of sp³-hybridized carbons (Fsp3) is 0.500. The topological polar surface area (TPSA) is 81.8 Å². The molecule has 1 heterocycles. The number of hydrogen-bond acceptors (Lipinski definition) is 4. The van der Waals surface area contributed by atoms with Gasteiger partial charge in [0.1, 0.15) is 0 Å². The van der Waals surface area contributed by atoms with E-state index in [1.165, 1.54) is 6.20 Å². The van der Waals surface area contributed by atoms with Crippen LogP contribution in [0.2, 0.25) is 0 Å². The Bertz CT molecular complexity index is 435. The summed E-state index contributed by atoms with van der Waals surface area (Å²) < 4.78 is 33.7. The smallest absolute Gasteiger partial charge is 0.272 e. The second kappa shape index (κ2) is 11.4. The minimum Gasteiger partial charge on any atom is -0.472 e. The van der Waals surface area contributed by atoms with E-state index in [2.05, 4.69) is 15.3 Å². The van der Waals surface area contributed by atoms with Crippen LogP contribution in [0.15, 0.2) is 23.3 Å². The monoisotopic (exact) mass is 416 g/mol. The molecule has 0 aromatic carbocycles. The van der Waals surface area contributed by atoms with Crippen molar-refractivity contribution in [2.45, 2.75) is 13.0 Å². The van der Waals surface area contributed by atoms with E-state index < -0.39 is 13.0 Å². The molecular weight excluding hydrogens is 397 g/mol. The summed E-state index contributed by atoms with van der Waals surface area (Å²) in [6.07, 6.45) is -1.06. The maximum atomic E-state index is 12.0. The Balaban J connectivity index is 0.00000400. The van der Waals surface area contributed by atoms with Crippen LogP contribution in [-0.2, 0) is 11.3 Å². The van der Waals surface area contributed by atoms with Gasteiger partial charge in [-0.2, -0.15) is 0 Å². The minimum atomic E-state index is -2.53. The number of hydrogen-bond donors (Lipinski definition) is 2. The molecule has 120 valence electrons. The van der Waals surface area contributed by atoms with Crippen LogP contribution in [-0.4, -0.2) is 44.2 Å². The van der Waals surface area contributed by atoms with Crippen molar-refractivity contribution in [3.8, 4) is 5.88 Å². The van der Waals surface area contributed by atoms with E-state index in [0.717, 1.165) is 5.56 Å². The first kappa shape index (κ1) is 19.8. The molecule has 0 amide bonds. The molecule has 0 bridgehead atoms. The molecule has 6 nitrogen and oxygen atoms in total.